The maximum atomic E-state index is 4.98. The van der Waals surface area contributed by atoms with Crippen molar-refractivity contribution >= 4 is 43.0 Å². The van der Waals surface area contributed by atoms with E-state index in [9.17, 15) is 0 Å². The van der Waals surface area contributed by atoms with Crippen molar-refractivity contribution in [2.75, 3.05) is 0 Å². The molecule has 0 bridgehead atoms. The first kappa shape index (κ1) is 23.8. The van der Waals surface area contributed by atoms with Crippen LogP contribution in [0.3, 0.4) is 0 Å². The molecule has 2 aromatic heterocycles. The molecule has 0 N–H and O–H groups in total. The van der Waals surface area contributed by atoms with Crippen molar-refractivity contribution in [3.8, 4) is 32.8 Å². The lowest BCUT2D eigenvalue weighted by Crippen LogP contribution is -1.93. The van der Waals surface area contributed by atoms with Crippen LogP contribution in [0.4, 0.5) is 0 Å². The smallest absolute Gasteiger partial charge is 0.0781 e. The standard InChI is InChI=1S/C37H29NS/c1-23(2)31-18-24(3)19-33-28(31)14-15-30-29(33)16-17-38-37(30)27-20-32(25-10-6-4-7-11-25)34-22-35(39-36(34)21-27)26-12-8-5-9-13-26/h4-23H,1-3H3. The number of aromatic nitrogens is 1. The highest BCUT2D eigenvalue weighted by molar-refractivity contribution is 7.22. The fraction of sp³-hybridized carbons (Fsp3) is 0.108. The second-order valence-electron chi connectivity index (χ2n) is 10.7. The van der Waals surface area contributed by atoms with Gasteiger partial charge in [-0.05, 0) is 75.5 Å². The molecule has 0 unspecified atom stereocenters. The number of rotatable bonds is 4. The van der Waals surface area contributed by atoms with Crippen molar-refractivity contribution in [1.29, 1.82) is 0 Å². The molecular weight excluding hydrogens is 490 g/mol. The van der Waals surface area contributed by atoms with Crippen LogP contribution >= 0.6 is 11.3 Å². The van der Waals surface area contributed by atoms with Crippen molar-refractivity contribution in [3.05, 3.63) is 127 Å². The molecule has 2 heteroatoms. The Morgan fingerprint density at radius 2 is 1.31 bits per heavy atom. The lowest BCUT2D eigenvalue weighted by molar-refractivity contribution is 0.875. The van der Waals surface area contributed by atoms with Crippen molar-refractivity contribution in [2.24, 2.45) is 0 Å². The number of fused-ring (bicyclic) bond motifs is 4. The van der Waals surface area contributed by atoms with Gasteiger partial charge in [-0.2, -0.15) is 0 Å². The number of hydrogen-bond acceptors (Lipinski definition) is 2. The quantitative estimate of drug-likeness (QED) is 0.211. The average Bonchev–Trinajstić information content (AvgIpc) is 3.41. The first-order valence-electron chi connectivity index (χ1n) is 13.6. The fourth-order valence-electron chi connectivity index (χ4n) is 5.86. The number of benzene rings is 5. The average molecular weight is 520 g/mol. The molecule has 0 aliphatic rings. The van der Waals surface area contributed by atoms with E-state index < -0.39 is 0 Å². The molecule has 39 heavy (non-hydrogen) atoms. The van der Waals surface area contributed by atoms with Gasteiger partial charge in [0.05, 0.1) is 5.69 Å². The number of thiophene rings is 1. The molecular formula is C37H29NS. The third kappa shape index (κ3) is 4.13. The SMILES string of the molecule is Cc1cc(C(C)C)c2ccc3c(-c4cc(-c5ccccc5)c5cc(-c6ccccc6)sc5c4)nccc3c2c1. The van der Waals surface area contributed by atoms with Crippen LogP contribution in [0.25, 0.3) is 64.5 Å². The topological polar surface area (TPSA) is 12.9 Å². The molecule has 1 nitrogen and oxygen atoms in total. The van der Waals surface area contributed by atoms with Gasteiger partial charge in [0.2, 0.25) is 0 Å². The van der Waals surface area contributed by atoms with Gasteiger partial charge in [-0.3, -0.25) is 4.98 Å². The summed E-state index contributed by atoms with van der Waals surface area (Å²) >= 11 is 1.86. The van der Waals surface area contributed by atoms with Gasteiger partial charge in [-0.1, -0.05) is 104 Å². The van der Waals surface area contributed by atoms with Crippen molar-refractivity contribution in [1.82, 2.24) is 4.98 Å². The summed E-state index contributed by atoms with van der Waals surface area (Å²) in [6, 6.07) is 39.9. The van der Waals surface area contributed by atoms with Gasteiger partial charge in [0.25, 0.3) is 0 Å². The zero-order chi connectivity index (χ0) is 26.5. The van der Waals surface area contributed by atoms with Crippen LogP contribution in [-0.2, 0) is 0 Å². The van der Waals surface area contributed by atoms with E-state index in [4.69, 9.17) is 4.98 Å². The molecule has 0 saturated carbocycles. The summed E-state index contributed by atoms with van der Waals surface area (Å²) < 4.78 is 1.28. The first-order valence-corrected chi connectivity index (χ1v) is 14.4. The van der Waals surface area contributed by atoms with E-state index in [1.165, 1.54) is 64.3 Å². The van der Waals surface area contributed by atoms with Crippen LogP contribution in [0.2, 0.25) is 0 Å². The minimum absolute atomic E-state index is 0.472. The molecule has 7 aromatic rings. The number of aryl methyl sites for hydroxylation is 1. The third-order valence-corrected chi connectivity index (χ3v) is 8.86. The summed E-state index contributed by atoms with van der Waals surface area (Å²) in [7, 11) is 0. The van der Waals surface area contributed by atoms with Gasteiger partial charge < -0.3 is 0 Å². The Morgan fingerprint density at radius 3 is 2.05 bits per heavy atom. The predicted octanol–water partition coefficient (Wildman–Crippen LogP) is 11.0. The second-order valence-corrected chi connectivity index (χ2v) is 11.8. The normalized spacial score (nSPS) is 11.7. The highest BCUT2D eigenvalue weighted by Crippen LogP contribution is 2.43. The van der Waals surface area contributed by atoms with Crippen molar-refractivity contribution < 1.29 is 0 Å². The lowest BCUT2D eigenvalue weighted by Gasteiger charge is -2.15. The number of pyridine rings is 1. The molecule has 0 fully saturated rings. The van der Waals surface area contributed by atoms with E-state index in [2.05, 4.69) is 130 Å². The van der Waals surface area contributed by atoms with Gasteiger partial charge in [0.15, 0.2) is 0 Å². The Balaban J connectivity index is 1.50. The maximum Gasteiger partial charge on any atom is 0.0781 e. The van der Waals surface area contributed by atoms with Crippen LogP contribution in [0.5, 0.6) is 0 Å². The molecule has 2 heterocycles. The Labute approximate surface area is 233 Å². The first-order chi connectivity index (χ1) is 19.1. The fourth-order valence-corrected chi connectivity index (χ4v) is 6.99. The molecule has 188 valence electrons. The summed E-state index contributed by atoms with van der Waals surface area (Å²) in [5.41, 5.74) is 8.64. The Bertz CT molecular complexity index is 1980. The molecule has 7 rings (SSSR count). The molecule has 0 radical (unpaired) electrons. The summed E-state index contributed by atoms with van der Waals surface area (Å²) in [4.78, 5) is 6.26. The lowest BCUT2D eigenvalue weighted by atomic mass is 9.90. The number of nitrogens with zero attached hydrogens (tertiary/aromatic N) is 1. The Morgan fingerprint density at radius 1 is 0.590 bits per heavy atom. The van der Waals surface area contributed by atoms with E-state index in [-0.39, 0.29) is 0 Å². The van der Waals surface area contributed by atoms with Crippen molar-refractivity contribution in [2.45, 2.75) is 26.7 Å². The third-order valence-electron chi connectivity index (χ3n) is 7.73. The van der Waals surface area contributed by atoms with E-state index in [0.29, 0.717) is 5.92 Å². The minimum Gasteiger partial charge on any atom is -0.256 e. The van der Waals surface area contributed by atoms with E-state index in [0.717, 1.165) is 11.3 Å². The monoisotopic (exact) mass is 519 g/mol. The molecule has 5 aromatic carbocycles. The van der Waals surface area contributed by atoms with Gasteiger partial charge in [0, 0.05) is 32.1 Å². The number of hydrogen-bond donors (Lipinski definition) is 0. The molecule has 0 amide bonds. The molecule has 0 spiro atoms. The highest BCUT2D eigenvalue weighted by atomic mass is 32.1. The van der Waals surface area contributed by atoms with Crippen LogP contribution in [0, 0.1) is 6.92 Å². The predicted molar refractivity (Wildman–Crippen MR) is 170 cm³/mol. The van der Waals surface area contributed by atoms with Crippen LogP contribution in [0.15, 0.2) is 115 Å². The van der Waals surface area contributed by atoms with Crippen molar-refractivity contribution in [3.63, 3.8) is 0 Å². The van der Waals surface area contributed by atoms with Gasteiger partial charge in [0.1, 0.15) is 0 Å². The Hall–Kier alpha value is -4.27. The minimum atomic E-state index is 0.472. The summed E-state index contributed by atoms with van der Waals surface area (Å²) in [6.45, 7) is 6.76. The Kier molecular flexibility index (Phi) is 5.79. The molecule has 0 saturated heterocycles. The van der Waals surface area contributed by atoms with E-state index in [1.807, 2.05) is 17.5 Å². The highest BCUT2D eigenvalue weighted by Gasteiger charge is 2.16. The molecule has 0 aliphatic carbocycles. The van der Waals surface area contributed by atoms with Crippen LogP contribution < -0.4 is 0 Å². The molecule has 0 atom stereocenters. The van der Waals surface area contributed by atoms with E-state index >= 15 is 0 Å². The zero-order valence-corrected chi connectivity index (χ0v) is 23.2. The van der Waals surface area contributed by atoms with E-state index in [1.54, 1.807) is 0 Å². The van der Waals surface area contributed by atoms with Crippen LogP contribution in [-0.4, -0.2) is 4.98 Å². The maximum absolute atomic E-state index is 4.98. The zero-order valence-electron chi connectivity index (χ0n) is 22.4. The van der Waals surface area contributed by atoms with Gasteiger partial charge in [-0.15, -0.1) is 11.3 Å². The van der Waals surface area contributed by atoms with Gasteiger partial charge in [-0.25, -0.2) is 0 Å². The largest absolute Gasteiger partial charge is 0.256 e. The van der Waals surface area contributed by atoms with Gasteiger partial charge >= 0.3 is 0 Å². The second kappa shape index (κ2) is 9.48. The summed E-state index contributed by atoms with van der Waals surface area (Å²) in [6.07, 6.45) is 1.98. The molecule has 0 aliphatic heterocycles. The summed E-state index contributed by atoms with van der Waals surface area (Å²) in [5, 5.41) is 6.40. The summed E-state index contributed by atoms with van der Waals surface area (Å²) in [5.74, 6) is 0.472. The van der Waals surface area contributed by atoms with Crippen LogP contribution in [0.1, 0.15) is 30.9 Å².